The maximum absolute atomic E-state index is 11.8. The topological polar surface area (TPSA) is 96.7 Å². The number of primary amides is 1. The van der Waals surface area contributed by atoms with Gasteiger partial charge in [0.1, 0.15) is 5.75 Å². The molecule has 2 rings (SSSR count). The predicted octanol–water partition coefficient (Wildman–Crippen LogP) is -0.0877. The van der Waals surface area contributed by atoms with Crippen molar-refractivity contribution in [2.45, 2.75) is 6.42 Å². The smallest absolute Gasteiger partial charge is 0.409 e. The van der Waals surface area contributed by atoms with E-state index >= 15 is 0 Å². The molecule has 0 aromatic heterocycles. The zero-order chi connectivity index (χ0) is 16.5. The summed E-state index contributed by atoms with van der Waals surface area (Å²) in [6.07, 6.45) is 1.30. The minimum absolute atomic E-state index is 0.0717. The highest BCUT2D eigenvalue weighted by Gasteiger charge is 2.09. The Bertz CT molecular complexity index is 513. The highest BCUT2D eigenvalue weighted by molar-refractivity contribution is 5.84. The number of carbonyl (C=O) groups excluding carboxylic acids is 2. The summed E-state index contributed by atoms with van der Waals surface area (Å²) in [6.45, 7) is 5.60. The highest BCUT2D eigenvalue weighted by atomic mass is 16.5. The molecule has 1 aliphatic rings. The van der Waals surface area contributed by atoms with E-state index in [0.29, 0.717) is 18.7 Å². The van der Waals surface area contributed by atoms with Crippen LogP contribution in [-0.2, 0) is 11.2 Å². The van der Waals surface area contributed by atoms with Crippen LogP contribution in [0.2, 0.25) is 0 Å². The van der Waals surface area contributed by atoms with Gasteiger partial charge in [0.15, 0.2) is 0 Å². The number of nitrogens with two attached hydrogens (primary N) is 1. The number of hydrogen-bond donors (Lipinski definition) is 3. The van der Waals surface area contributed by atoms with Crippen LogP contribution in [0.1, 0.15) is 5.56 Å². The van der Waals surface area contributed by atoms with Crippen LogP contribution < -0.4 is 21.1 Å². The second-order valence-corrected chi connectivity index (χ2v) is 5.36. The van der Waals surface area contributed by atoms with Gasteiger partial charge in [-0.15, -0.1) is 0 Å². The predicted molar refractivity (Wildman–Crippen MR) is 87.0 cm³/mol. The summed E-state index contributed by atoms with van der Waals surface area (Å²) in [4.78, 5) is 24.7. The van der Waals surface area contributed by atoms with Crippen molar-refractivity contribution in [2.75, 3.05) is 39.3 Å². The number of rotatable bonds is 7. The average molecular weight is 319 g/mol. The molecular formula is C16H23N4O3. The van der Waals surface area contributed by atoms with Crippen molar-refractivity contribution in [2.24, 2.45) is 5.73 Å². The number of amides is 2. The lowest BCUT2D eigenvalue weighted by Gasteiger charge is -2.27. The van der Waals surface area contributed by atoms with Gasteiger partial charge in [0.2, 0.25) is 5.91 Å². The lowest BCUT2D eigenvalue weighted by molar-refractivity contribution is -0.118. The molecule has 23 heavy (non-hydrogen) atoms. The average Bonchev–Trinajstić information content (AvgIpc) is 2.55. The van der Waals surface area contributed by atoms with E-state index in [-0.39, 0.29) is 5.91 Å². The summed E-state index contributed by atoms with van der Waals surface area (Å²) in [5.41, 5.74) is 5.89. The first-order valence-corrected chi connectivity index (χ1v) is 7.74. The van der Waals surface area contributed by atoms with Gasteiger partial charge < -0.3 is 21.1 Å². The molecule has 7 heteroatoms. The highest BCUT2D eigenvalue weighted by Crippen LogP contribution is 2.13. The lowest BCUT2D eigenvalue weighted by Crippen LogP contribution is -2.46. The zero-order valence-corrected chi connectivity index (χ0v) is 13.1. The Labute approximate surface area is 136 Å². The number of benzene rings is 1. The summed E-state index contributed by atoms with van der Waals surface area (Å²) in [5.74, 6) is 0.319. The first-order chi connectivity index (χ1) is 11.1. The SMILES string of the molecule is NC(=O)Oc1ccc(C[CH]C(=O)NCCN2CCNCC2)cc1. The van der Waals surface area contributed by atoms with Crippen molar-refractivity contribution < 1.29 is 14.3 Å². The molecule has 0 saturated carbocycles. The maximum Gasteiger partial charge on any atom is 0.409 e. The molecule has 0 aliphatic carbocycles. The van der Waals surface area contributed by atoms with Gasteiger partial charge in [0.25, 0.3) is 0 Å². The van der Waals surface area contributed by atoms with Crippen LogP contribution in [0.25, 0.3) is 0 Å². The third-order valence-corrected chi connectivity index (χ3v) is 3.60. The molecule has 0 unspecified atom stereocenters. The minimum atomic E-state index is -0.840. The van der Waals surface area contributed by atoms with Crippen molar-refractivity contribution >= 4 is 12.0 Å². The van der Waals surface area contributed by atoms with Crippen molar-refractivity contribution in [1.82, 2.24) is 15.5 Å². The van der Waals surface area contributed by atoms with E-state index in [4.69, 9.17) is 10.5 Å². The van der Waals surface area contributed by atoms with E-state index in [1.165, 1.54) is 0 Å². The fourth-order valence-electron chi connectivity index (χ4n) is 2.36. The van der Waals surface area contributed by atoms with E-state index in [1.54, 1.807) is 30.7 Å². The Morgan fingerprint density at radius 3 is 2.61 bits per heavy atom. The summed E-state index contributed by atoms with van der Waals surface area (Å²) < 4.78 is 4.75. The normalized spacial score (nSPS) is 15.1. The minimum Gasteiger partial charge on any atom is -0.411 e. The number of ether oxygens (including phenoxy) is 1. The van der Waals surface area contributed by atoms with Gasteiger partial charge in [0.05, 0.1) is 6.42 Å². The van der Waals surface area contributed by atoms with Gasteiger partial charge in [-0.25, -0.2) is 4.79 Å². The first kappa shape index (κ1) is 17.2. The Morgan fingerprint density at radius 2 is 1.96 bits per heavy atom. The van der Waals surface area contributed by atoms with E-state index in [0.717, 1.165) is 38.3 Å². The molecule has 1 aromatic rings. The number of carbonyl (C=O) groups is 2. The third-order valence-electron chi connectivity index (χ3n) is 3.60. The fourth-order valence-corrected chi connectivity index (χ4v) is 2.36. The van der Waals surface area contributed by atoms with E-state index in [1.807, 2.05) is 0 Å². The van der Waals surface area contributed by atoms with Crippen molar-refractivity contribution in [3.8, 4) is 5.75 Å². The molecule has 1 fully saturated rings. The molecule has 125 valence electrons. The van der Waals surface area contributed by atoms with Crippen LogP contribution >= 0.6 is 0 Å². The molecule has 0 bridgehead atoms. The number of nitrogens with zero attached hydrogens (tertiary/aromatic N) is 1. The Hall–Kier alpha value is -2.12. The molecule has 7 nitrogen and oxygen atoms in total. The van der Waals surface area contributed by atoms with Crippen molar-refractivity contribution in [1.29, 1.82) is 0 Å². The molecule has 1 aromatic carbocycles. The van der Waals surface area contributed by atoms with Gasteiger partial charge in [-0.1, -0.05) is 12.1 Å². The molecule has 1 radical (unpaired) electrons. The number of nitrogens with one attached hydrogen (secondary N) is 2. The first-order valence-electron chi connectivity index (χ1n) is 7.74. The van der Waals surface area contributed by atoms with E-state index in [2.05, 4.69) is 15.5 Å². The van der Waals surface area contributed by atoms with Crippen LogP contribution in [-0.4, -0.2) is 56.2 Å². The molecule has 1 aliphatic heterocycles. The standard InChI is InChI=1S/C16H23N4O3/c17-16(22)23-14-4-1-13(2-5-14)3-6-15(21)19-9-12-20-10-7-18-8-11-20/h1-2,4-6,18H,3,7-12H2,(H2,17,22)(H,19,21). The molecule has 0 spiro atoms. The van der Waals surface area contributed by atoms with Gasteiger partial charge in [-0.3, -0.25) is 9.69 Å². The van der Waals surface area contributed by atoms with Crippen LogP contribution in [0.5, 0.6) is 5.75 Å². The van der Waals surface area contributed by atoms with E-state index in [9.17, 15) is 9.59 Å². The molecule has 0 atom stereocenters. The lowest BCUT2D eigenvalue weighted by atomic mass is 10.1. The van der Waals surface area contributed by atoms with Crippen LogP contribution in [0.3, 0.4) is 0 Å². The second-order valence-electron chi connectivity index (χ2n) is 5.36. The van der Waals surface area contributed by atoms with Crippen molar-refractivity contribution in [3.05, 3.63) is 36.2 Å². The summed E-state index contributed by atoms with van der Waals surface area (Å²) in [5, 5.41) is 6.19. The molecule has 1 heterocycles. The molecular weight excluding hydrogens is 296 g/mol. The molecule has 1 saturated heterocycles. The Morgan fingerprint density at radius 1 is 1.26 bits per heavy atom. The van der Waals surface area contributed by atoms with E-state index < -0.39 is 6.09 Å². The van der Waals surface area contributed by atoms with Crippen LogP contribution in [0.15, 0.2) is 24.3 Å². The zero-order valence-electron chi connectivity index (χ0n) is 13.1. The van der Waals surface area contributed by atoms with Gasteiger partial charge >= 0.3 is 6.09 Å². The van der Waals surface area contributed by atoms with Crippen LogP contribution in [0.4, 0.5) is 4.79 Å². The van der Waals surface area contributed by atoms with Crippen molar-refractivity contribution in [3.63, 3.8) is 0 Å². The summed E-state index contributed by atoms with van der Waals surface area (Å²) in [7, 11) is 0. The van der Waals surface area contributed by atoms with Gasteiger partial charge in [0, 0.05) is 39.3 Å². The third kappa shape index (κ3) is 6.66. The quantitative estimate of drug-likeness (QED) is 0.653. The monoisotopic (exact) mass is 319 g/mol. The van der Waals surface area contributed by atoms with Gasteiger partial charge in [-0.05, 0) is 24.1 Å². The maximum atomic E-state index is 11.8. The van der Waals surface area contributed by atoms with Gasteiger partial charge in [-0.2, -0.15) is 0 Å². The summed E-state index contributed by atoms with van der Waals surface area (Å²) in [6, 6.07) is 6.89. The second kappa shape index (κ2) is 9.12. The summed E-state index contributed by atoms with van der Waals surface area (Å²) >= 11 is 0. The van der Waals surface area contributed by atoms with Crippen LogP contribution in [0, 0.1) is 6.42 Å². The number of hydrogen-bond acceptors (Lipinski definition) is 5. The fraction of sp³-hybridized carbons (Fsp3) is 0.438. The largest absolute Gasteiger partial charge is 0.411 e. The number of piperazine rings is 1. The Balaban J connectivity index is 1.62. The molecule has 4 N–H and O–H groups in total. The molecule has 2 amide bonds. The Kier molecular flexibility index (Phi) is 6.83.